The van der Waals surface area contributed by atoms with Gasteiger partial charge in [-0.3, -0.25) is 14.7 Å². The van der Waals surface area contributed by atoms with Crippen molar-refractivity contribution in [3.63, 3.8) is 0 Å². The molecule has 212 valence electrons. The summed E-state index contributed by atoms with van der Waals surface area (Å²) in [6, 6.07) is 12.5. The number of sulfonamides is 1. The minimum Gasteiger partial charge on any atom is -0.497 e. The fraction of sp³-hybridized carbons (Fsp3) is 0.433. The van der Waals surface area contributed by atoms with Crippen molar-refractivity contribution in [2.45, 2.75) is 82.7 Å². The third kappa shape index (κ3) is 5.24. The lowest BCUT2D eigenvalue weighted by Gasteiger charge is -2.23. The molecule has 0 radical (unpaired) electrons. The number of methoxy groups -OCH3 is 1. The van der Waals surface area contributed by atoms with Crippen molar-refractivity contribution >= 4 is 27.7 Å². The van der Waals surface area contributed by atoms with Crippen LogP contribution >= 0.6 is 0 Å². The number of amides is 1. The summed E-state index contributed by atoms with van der Waals surface area (Å²) in [5, 5.41) is 3.85. The Labute approximate surface area is 235 Å². The van der Waals surface area contributed by atoms with E-state index in [0.29, 0.717) is 34.7 Å². The number of carbonyl (C=O) groups excluding carboxylic acids is 1. The molecular formula is C30H36N4O5S. The first-order valence-electron chi connectivity index (χ1n) is 13.8. The lowest BCUT2D eigenvalue weighted by molar-refractivity contribution is -0.131. The zero-order valence-corrected chi connectivity index (χ0v) is 24.3. The number of hydrogen-bond acceptors (Lipinski definition) is 7. The standard InChI is InChI=1S/C30H36N4O5S/c1-5-6-9-27-31-30(16-7-8-17-30)29(35)34(27)19-22-10-12-23(13-11-22)25-18-24(38-4)14-15-26(25)40(36,37)33-28-20(2)21(3)32-39-28/h10-15,18,33H,5-9,16-17,19H2,1-4H3. The summed E-state index contributed by atoms with van der Waals surface area (Å²) in [7, 11) is -2.46. The predicted octanol–water partition coefficient (Wildman–Crippen LogP) is 6.01. The first-order valence-corrected chi connectivity index (χ1v) is 15.3. The van der Waals surface area contributed by atoms with Crippen LogP contribution in [0.4, 0.5) is 5.88 Å². The van der Waals surface area contributed by atoms with E-state index in [2.05, 4.69) is 16.8 Å². The third-order valence-electron chi connectivity index (χ3n) is 7.95. The van der Waals surface area contributed by atoms with Crippen molar-refractivity contribution in [2.75, 3.05) is 11.8 Å². The molecular weight excluding hydrogens is 528 g/mol. The van der Waals surface area contributed by atoms with Gasteiger partial charge in [0.25, 0.3) is 15.9 Å². The van der Waals surface area contributed by atoms with Crippen LogP contribution in [-0.4, -0.2) is 42.9 Å². The lowest BCUT2D eigenvalue weighted by atomic mass is 9.98. The van der Waals surface area contributed by atoms with Gasteiger partial charge in [0, 0.05) is 17.5 Å². The highest BCUT2D eigenvalue weighted by Gasteiger charge is 2.49. The maximum absolute atomic E-state index is 13.5. The number of benzene rings is 2. The van der Waals surface area contributed by atoms with E-state index in [9.17, 15) is 13.2 Å². The Morgan fingerprint density at radius 2 is 1.82 bits per heavy atom. The van der Waals surface area contributed by atoms with Gasteiger partial charge in [-0.25, -0.2) is 13.1 Å². The number of aryl methyl sites for hydroxylation is 1. The van der Waals surface area contributed by atoms with Gasteiger partial charge in [-0.2, -0.15) is 0 Å². The number of aromatic nitrogens is 1. The molecule has 1 aromatic heterocycles. The first kappa shape index (κ1) is 27.9. The highest BCUT2D eigenvalue weighted by atomic mass is 32.2. The summed E-state index contributed by atoms with van der Waals surface area (Å²) >= 11 is 0. The van der Waals surface area contributed by atoms with Crippen LogP contribution in [0.3, 0.4) is 0 Å². The molecule has 40 heavy (non-hydrogen) atoms. The zero-order valence-electron chi connectivity index (χ0n) is 23.5. The molecule has 1 saturated carbocycles. The zero-order chi connectivity index (χ0) is 28.5. The van der Waals surface area contributed by atoms with E-state index in [4.69, 9.17) is 14.3 Å². The normalized spacial score (nSPS) is 16.6. The van der Waals surface area contributed by atoms with Crippen LogP contribution in [0.25, 0.3) is 11.1 Å². The number of anilines is 1. The molecule has 1 fully saturated rings. The Morgan fingerprint density at radius 1 is 1.10 bits per heavy atom. The number of nitrogens with zero attached hydrogens (tertiary/aromatic N) is 3. The van der Waals surface area contributed by atoms with Crippen molar-refractivity contribution in [3.05, 3.63) is 59.3 Å². The molecule has 0 atom stereocenters. The molecule has 3 aromatic rings. The Hall–Kier alpha value is -3.66. The number of hydrogen-bond donors (Lipinski definition) is 1. The van der Waals surface area contributed by atoms with Crippen molar-refractivity contribution < 1.29 is 22.5 Å². The molecule has 5 rings (SSSR count). The Balaban J connectivity index is 1.43. The molecule has 1 N–H and O–H groups in total. The molecule has 1 spiro atoms. The summed E-state index contributed by atoms with van der Waals surface area (Å²) in [6.45, 7) is 6.08. The molecule has 0 unspecified atom stereocenters. The fourth-order valence-electron chi connectivity index (χ4n) is 5.45. The third-order valence-corrected chi connectivity index (χ3v) is 9.34. The monoisotopic (exact) mass is 564 g/mol. The minimum atomic E-state index is -4.00. The highest BCUT2D eigenvalue weighted by molar-refractivity contribution is 7.92. The summed E-state index contributed by atoms with van der Waals surface area (Å²) < 4.78 is 40.0. The van der Waals surface area contributed by atoms with Gasteiger partial charge in [-0.05, 0) is 62.4 Å². The van der Waals surface area contributed by atoms with Crippen LogP contribution in [0.15, 0.2) is 56.9 Å². The van der Waals surface area contributed by atoms with Crippen LogP contribution in [0, 0.1) is 13.8 Å². The van der Waals surface area contributed by atoms with Crippen LogP contribution in [0.5, 0.6) is 5.75 Å². The quantitative estimate of drug-likeness (QED) is 0.323. The van der Waals surface area contributed by atoms with E-state index in [-0.39, 0.29) is 16.7 Å². The molecule has 10 heteroatoms. The highest BCUT2D eigenvalue weighted by Crippen LogP contribution is 2.40. The van der Waals surface area contributed by atoms with Gasteiger partial charge in [0.05, 0.1) is 24.2 Å². The average molecular weight is 565 g/mol. The number of carbonyl (C=O) groups is 1. The molecule has 9 nitrogen and oxygen atoms in total. The molecule has 1 aliphatic heterocycles. The van der Waals surface area contributed by atoms with Gasteiger partial charge in [0.1, 0.15) is 17.1 Å². The van der Waals surface area contributed by atoms with E-state index in [1.165, 1.54) is 13.2 Å². The van der Waals surface area contributed by atoms with Crippen LogP contribution < -0.4 is 9.46 Å². The van der Waals surface area contributed by atoms with E-state index in [1.807, 2.05) is 29.2 Å². The van der Waals surface area contributed by atoms with Crippen LogP contribution in [-0.2, 0) is 21.4 Å². The topological polar surface area (TPSA) is 114 Å². The largest absolute Gasteiger partial charge is 0.497 e. The predicted molar refractivity (Wildman–Crippen MR) is 154 cm³/mol. The summed E-state index contributed by atoms with van der Waals surface area (Å²) in [5.41, 5.74) is 2.81. The first-order chi connectivity index (χ1) is 19.2. The van der Waals surface area contributed by atoms with Crippen molar-refractivity contribution in [2.24, 2.45) is 4.99 Å². The van der Waals surface area contributed by atoms with E-state index in [0.717, 1.165) is 56.3 Å². The molecule has 2 aliphatic rings. The molecule has 0 saturated heterocycles. The van der Waals surface area contributed by atoms with Crippen molar-refractivity contribution in [1.82, 2.24) is 10.1 Å². The van der Waals surface area contributed by atoms with Gasteiger partial charge < -0.3 is 9.26 Å². The van der Waals surface area contributed by atoms with Crippen LogP contribution in [0.1, 0.15) is 68.7 Å². The van der Waals surface area contributed by atoms with Gasteiger partial charge >= 0.3 is 0 Å². The SMILES string of the molecule is CCCCC1=NC2(CCCC2)C(=O)N1Cc1ccc(-c2cc(OC)ccc2S(=O)(=O)Nc2onc(C)c2C)cc1. The Kier molecular flexibility index (Phi) is 7.72. The van der Waals surface area contributed by atoms with Gasteiger partial charge in [0.15, 0.2) is 0 Å². The van der Waals surface area contributed by atoms with Crippen LogP contribution in [0.2, 0.25) is 0 Å². The van der Waals surface area contributed by atoms with Gasteiger partial charge in [-0.15, -0.1) is 0 Å². The molecule has 2 aromatic carbocycles. The average Bonchev–Trinajstić information content (AvgIpc) is 3.63. The number of aliphatic imine (C=N–C) groups is 1. The smallest absolute Gasteiger partial charge is 0.264 e. The number of nitrogens with one attached hydrogen (secondary N) is 1. The summed E-state index contributed by atoms with van der Waals surface area (Å²) in [5.74, 6) is 1.63. The number of amidine groups is 1. The minimum absolute atomic E-state index is 0.0846. The summed E-state index contributed by atoms with van der Waals surface area (Å²) in [4.78, 5) is 20.4. The lowest BCUT2D eigenvalue weighted by Crippen LogP contribution is -2.40. The van der Waals surface area contributed by atoms with Gasteiger partial charge in [-0.1, -0.05) is 55.6 Å². The second kappa shape index (κ2) is 11.1. The van der Waals surface area contributed by atoms with Crippen molar-refractivity contribution in [1.29, 1.82) is 0 Å². The second-order valence-corrected chi connectivity index (χ2v) is 12.3. The van der Waals surface area contributed by atoms with E-state index < -0.39 is 15.6 Å². The second-order valence-electron chi connectivity index (χ2n) is 10.6. The number of unbranched alkanes of at least 4 members (excludes halogenated alkanes) is 1. The van der Waals surface area contributed by atoms with Gasteiger partial charge in [0.2, 0.25) is 5.88 Å². The number of ether oxygens (including phenoxy) is 1. The fourth-order valence-corrected chi connectivity index (χ4v) is 6.71. The molecule has 0 bridgehead atoms. The molecule has 2 heterocycles. The molecule has 1 amide bonds. The maximum atomic E-state index is 13.5. The van der Waals surface area contributed by atoms with E-state index >= 15 is 0 Å². The summed E-state index contributed by atoms with van der Waals surface area (Å²) in [6.07, 6.45) is 6.55. The maximum Gasteiger partial charge on any atom is 0.264 e. The number of rotatable bonds is 10. The Morgan fingerprint density at radius 3 is 2.45 bits per heavy atom. The Bertz CT molecular complexity index is 1540. The molecule has 1 aliphatic carbocycles. The van der Waals surface area contributed by atoms with E-state index in [1.54, 1.807) is 26.0 Å². The van der Waals surface area contributed by atoms with Crippen molar-refractivity contribution in [3.8, 4) is 16.9 Å².